The van der Waals surface area contributed by atoms with Crippen molar-refractivity contribution >= 4 is 5.91 Å². The van der Waals surface area contributed by atoms with Gasteiger partial charge in [0.15, 0.2) is 0 Å². The van der Waals surface area contributed by atoms with E-state index >= 15 is 0 Å². The largest absolute Gasteiger partial charge is 0.376 e. The number of hydrogen-bond donors (Lipinski definition) is 0. The van der Waals surface area contributed by atoms with Gasteiger partial charge in [0.1, 0.15) is 0 Å². The van der Waals surface area contributed by atoms with Crippen molar-refractivity contribution in [3.8, 4) is 0 Å². The summed E-state index contributed by atoms with van der Waals surface area (Å²) in [5, 5.41) is 0. The fourth-order valence-electron chi connectivity index (χ4n) is 2.57. The first-order valence-electron chi connectivity index (χ1n) is 7.19. The van der Waals surface area contributed by atoms with Gasteiger partial charge in [-0.15, -0.1) is 0 Å². The number of amides is 1. The molecule has 1 atom stereocenters. The molecule has 1 amide bonds. The van der Waals surface area contributed by atoms with E-state index in [9.17, 15) is 4.79 Å². The number of carbonyl (C=O) groups excluding carboxylic acids is 1. The average molecular weight is 261 g/mol. The third-order valence-electron chi connectivity index (χ3n) is 3.64. The van der Waals surface area contributed by atoms with Crippen molar-refractivity contribution in [2.24, 2.45) is 5.92 Å². The highest BCUT2D eigenvalue weighted by Crippen LogP contribution is 2.18. The Labute approximate surface area is 115 Å². The Morgan fingerprint density at radius 1 is 1.37 bits per heavy atom. The standard InChI is InChI=1S/C16H23NO2/c1-2-16(18)17-10-6-9-15(11-17)13-19-12-14-7-4-3-5-8-14/h3-5,7-8,15H,2,6,9-13H2,1H3. The van der Waals surface area contributed by atoms with Crippen LogP contribution in [0.2, 0.25) is 0 Å². The lowest BCUT2D eigenvalue weighted by Crippen LogP contribution is -2.40. The fourth-order valence-corrected chi connectivity index (χ4v) is 2.57. The van der Waals surface area contributed by atoms with Gasteiger partial charge in [-0.05, 0) is 24.3 Å². The van der Waals surface area contributed by atoms with Gasteiger partial charge in [-0.25, -0.2) is 0 Å². The summed E-state index contributed by atoms with van der Waals surface area (Å²) in [7, 11) is 0. The van der Waals surface area contributed by atoms with Gasteiger partial charge in [-0.2, -0.15) is 0 Å². The van der Waals surface area contributed by atoms with E-state index in [0.717, 1.165) is 26.1 Å². The average Bonchev–Trinajstić information content (AvgIpc) is 2.48. The second-order valence-electron chi connectivity index (χ2n) is 5.20. The highest BCUT2D eigenvalue weighted by atomic mass is 16.5. The third-order valence-corrected chi connectivity index (χ3v) is 3.64. The van der Waals surface area contributed by atoms with Crippen LogP contribution < -0.4 is 0 Å². The number of hydrogen-bond acceptors (Lipinski definition) is 2. The highest BCUT2D eigenvalue weighted by Gasteiger charge is 2.22. The Morgan fingerprint density at radius 2 is 2.16 bits per heavy atom. The third kappa shape index (κ3) is 4.35. The van der Waals surface area contributed by atoms with Crippen LogP contribution in [0.1, 0.15) is 31.7 Å². The number of carbonyl (C=O) groups is 1. The van der Waals surface area contributed by atoms with Gasteiger partial charge in [0.25, 0.3) is 0 Å². The van der Waals surface area contributed by atoms with E-state index in [2.05, 4.69) is 12.1 Å². The van der Waals surface area contributed by atoms with Crippen molar-refractivity contribution in [3.63, 3.8) is 0 Å². The molecule has 1 unspecified atom stereocenters. The van der Waals surface area contributed by atoms with Crippen LogP contribution in [0.5, 0.6) is 0 Å². The molecule has 0 aromatic heterocycles. The van der Waals surface area contributed by atoms with E-state index in [0.29, 0.717) is 18.9 Å². The Bertz CT molecular complexity index is 391. The van der Waals surface area contributed by atoms with Crippen molar-refractivity contribution in [1.82, 2.24) is 4.90 Å². The second-order valence-corrected chi connectivity index (χ2v) is 5.20. The molecule has 0 bridgehead atoms. The first-order chi connectivity index (χ1) is 9.29. The highest BCUT2D eigenvalue weighted by molar-refractivity contribution is 5.75. The van der Waals surface area contributed by atoms with Crippen LogP contribution in [0.25, 0.3) is 0 Å². The minimum Gasteiger partial charge on any atom is -0.376 e. The van der Waals surface area contributed by atoms with Crippen LogP contribution >= 0.6 is 0 Å². The SMILES string of the molecule is CCC(=O)N1CCCC(COCc2ccccc2)C1. The molecule has 19 heavy (non-hydrogen) atoms. The first-order valence-corrected chi connectivity index (χ1v) is 7.19. The molecule has 1 aliphatic rings. The predicted molar refractivity (Wildman–Crippen MR) is 75.7 cm³/mol. The van der Waals surface area contributed by atoms with Gasteiger partial charge in [0.2, 0.25) is 5.91 Å². The molecule has 1 fully saturated rings. The van der Waals surface area contributed by atoms with Crippen molar-refractivity contribution in [2.75, 3.05) is 19.7 Å². The zero-order valence-electron chi connectivity index (χ0n) is 11.7. The summed E-state index contributed by atoms with van der Waals surface area (Å²) in [4.78, 5) is 13.7. The minimum absolute atomic E-state index is 0.271. The minimum atomic E-state index is 0.271. The number of nitrogens with zero attached hydrogens (tertiary/aromatic N) is 1. The molecule has 0 spiro atoms. The summed E-state index contributed by atoms with van der Waals surface area (Å²) >= 11 is 0. The molecular weight excluding hydrogens is 238 g/mol. The lowest BCUT2D eigenvalue weighted by atomic mass is 9.99. The summed E-state index contributed by atoms with van der Waals surface area (Å²) in [5.41, 5.74) is 1.21. The number of ether oxygens (including phenoxy) is 1. The molecule has 1 saturated heterocycles. The first kappa shape index (κ1) is 14.1. The van der Waals surface area contributed by atoms with E-state index in [1.165, 1.54) is 12.0 Å². The maximum Gasteiger partial charge on any atom is 0.222 e. The molecule has 1 heterocycles. The summed E-state index contributed by atoms with van der Waals surface area (Å²) in [5.74, 6) is 0.765. The molecule has 0 radical (unpaired) electrons. The summed E-state index contributed by atoms with van der Waals surface area (Å²) in [6, 6.07) is 10.2. The summed E-state index contributed by atoms with van der Waals surface area (Å²) < 4.78 is 5.78. The summed E-state index contributed by atoms with van der Waals surface area (Å²) in [6.45, 7) is 5.13. The van der Waals surface area contributed by atoms with Crippen molar-refractivity contribution < 1.29 is 9.53 Å². The quantitative estimate of drug-likeness (QED) is 0.815. The number of rotatable bonds is 5. The number of piperidine rings is 1. The topological polar surface area (TPSA) is 29.5 Å². The van der Waals surface area contributed by atoms with Gasteiger partial charge >= 0.3 is 0 Å². The van der Waals surface area contributed by atoms with Crippen LogP contribution in [-0.2, 0) is 16.1 Å². The van der Waals surface area contributed by atoms with Gasteiger partial charge in [-0.3, -0.25) is 4.79 Å². The molecular formula is C16H23NO2. The van der Waals surface area contributed by atoms with E-state index in [4.69, 9.17) is 4.74 Å². The zero-order valence-corrected chi connectivity index (χ0v) is 11.7. The van der Waals surface area contributed by atoms with E-state index in [-0.39, 0.29) is 5.91 Å². The van der Waals surface area contributed by atoms with Gasteiger partial charge < -0.3 is 9.64 Å². The van der Waals surface area contributed by atoms with E-state index in [1.54, 1.807) is 0 Å². The monoisotopic (exact) mass is 261 g/mol. The molecule has 0 aliphatic carbocycles. The zero-order chi connectivity index (χ0) is 13.5. The molecule has 1 aliphatic heterocycles. The van der Waals surface area contributed by atoms with Crippen molar-refractivity contribution in [2.45, 2.75) is 32.8 Å². The summed E-state index contributed by atoms with van der Waals surface area (Å²) in [6.07, 6.45) is 2.88. The number of likely N-dealkylation sites (tertiary alicyclic amines) is 1. The predicted octanol–water partition coefficient (Wildman–Crippen LogP) is 2.85. The molecule has 0 N–H and O–H groups in total. The Balaban J connectivity index is 1.72. The van der Waals surface area contributed by atoms with E-state index < -0.39 is 0 Å². The Morgan fingerprint density at radius 3 is 2.89 bits per heavy atom. The van der Waals surface area contributed by atoms with Crippen LogP contribution in [0, 0.1) is 5.92 Å². The molecule has 0 saturated carbocycles. The molecule has 3 nitrogen and oxygen atoms in total. The Kier molecular flexibility index (Phi) is 5.40. The van der Waals surface area contributed by atoms with Crippen molar-refractivity contribution in [1.29, 1.82) is 0 Å². The molecule has 3 heteroatoms. The van der Waals surface area contributed by atoms with E-state index in [1.807, 2.05) is 30.0 Å². The van der Waals surface area contributed by atoms with Crippen molar-refractivity contribution in [3.05, 3.63) is 35.9 Å². The van der Waals surface area contributed by atoms with Crippen LogP contribution in [-0.4, -0.2) is 30.5 Å². The lowest BCUT2D eigenvalue weighted by Gasteiger charge is -2.32. The van der Waals surface area contributed by atoms with Crippen LogP contribution in [0.15, 0.2) is 30.3 Å². The van der Waals surface area contributed by atoms with Gasteiger partial charge in [-0.1, -0.05) is 37.3 Å². The Hall–Kier alpha value is -1.35. The molecule has 1 aromatic rings. The normalized spacial score (nSPS) is 19.4. The van der Waals surface area contributed by atoms with Crippen LogP contribution in [0.4, 0.5) is 0 Å². The fraction of sp³-hybridized carbons (Fsp3) is 0.562. The van der Waals surface area contributed by atoms with Gasteiger partial charge in [0.05, 0.1) is 13.2 Å². The molecule has 1 aromatic carbocycles. The van der Waals surface area contributed by atoms with Gasteiger partial charge in [0, 0.05) is 19.5 Å². The number of benzene rings is 1. The second kappa shape index (κ2) is 7.29. The maximum atomic E-state index is 11.7. The van der Waals surface area contributed by atoms with Crippen LogP contribution in [0.3, 0.4) is 0 Å². The maximum absolute atomic E-state index is 11.7. The molecule has 2 rings (SSSR count). The smallest absolute Gasteiger partial charge is 0.222 e. The lowest BCUT2D eigenvalue weighted by molar-refractivity contribution is -0.133. The molecule has 104 valence electrons.